The molecule has 0 radical (unpaired) electrons. The molecular formula is C16H26N2O2S. The van der Waals surface area contributed by atoms with Crippen molar-refractivity contribution in [3.8, 4) is 0 Å². The molecular weight excluding hydrogens is 284 g/mol. The maximum absolute atomic E-state index is 13.0. The summed E-state index contributed by atoms with van der Waals surface area (Å²) in [5.74, 6) is 0. The Hall–Kier alpha value is -0.910. The van der Waals surface area contributed by atoms with Crippen molar-refractivity contribution in [2.75, 3.05) is 13.1 Å². The normalized spacial score (nSPS) is 15.6. The van der Waals surface area contributed by atoms with Gasteiger partial charge in [-0.1, -0.05) is 38.5 Å². The SMILES string of the molecule is CCCCN(C1CC1)S(=O)(=O)c1ccccc1CNCC. The molecule has 1 aliphatic carbocycles. The standard InChI is InChI=1S/C16H26N2O2S/c1-3-5-12-18(15-10-11-15)21(19,20)16-9-7-6-8-14(16)13-17-4-2/h6-9,15,17H,3-5,10-13H2,1-2H3. The molecule has 1 saturated carbocycles. The number of hydrogen-bond acceptors (Lipinski definition) is 3. The van der Waals surface area contributed by atoms with Crippen LogP contribution in [0.2, 0.25) is 0 Å². The van der Waals surface area contributed by atoms with E-state index in [2.05, 4.69) is 12.2 Å². The minimum absolute atomic E-state index is 0.216. The first-order valence-corrected chi connectivity index (χ1v) is 9.35. The van der Waals surface area contributed by atoms with Crippen molar-refractivity contribution in [2.24, 2.45) is 0 Å². The monoisotopic (exact) mass is 310 g/mol. The molecule has 0 aliphatic heterocycles. The van der Waals surface area contributed by atoms with Crippen LogP contribution in [0.3, 0.4) is 0 Å². The van der Waals surface area contributed by atoms with Crippen molar-refractivity contribution < 1.29 is 8.42 Å². The molecule has 0 atom stereocenters. The second kappa shape index (κ2) is 7.38. The lowest BCUT2D eigenvalue weighted by molar-refractivity contribution is 0.395. The fourth-order valence-electron chi connectivity index (χ4n) is 2.46. The zero-order valence-corrected chi connectivity index (χ0v) is 13.8. The molecule has 118 valence electrons. The summed E-state index contributed by atoms with van der Waals surface area (Å²) in [6.07, 6.45) is 3.93. The molecule has 0 aromatic heterocycles. The molecule has 1 fully saturated rings. The van der Waals surface area contributed by atoms with Crippen molar-refractivity contribution in [1.82, 2.24) is 9.62 Å². The van der Waals surface area contributed by atoms with E-state index in [1.165, 1.54) is 0 Å². The zero-order valence-electron chi connectivity index (χ0n) is 13.0. The summed E-state index contributed by atoms with van der Waals surface area (Å²) in [5.41, 5.74) is 0.862. The first-order valence-electron chi connectivity index (χ1n) is 7.91. The quantitative estimate of drug-likeness (QED) is 0.763. The summed E-state index contributed by atoms with van der Waals surface area (Å²) in [4.78, 5) is 0.467. The smallest absolute Gasteiger partial charge is 0.243 e. The van der Waals surface area contributed by atoms with E-state index in [4.69, 9.17) is 0 Å². The van der Waals surface area contributed by atoms with Gasteiger partial charge in [-0.05, 0) is 37.4 Å². The van der Waals surface area contributed by atoms with Gasteiger partial charge in [-0.3, -0.25) is 0 Å². The molecule has 0 amide bonds. The number of nitrogens with one attached hydrogen (secondary N) is 1. The Morgan fingerprint density at radius 2 is 1.95 bits per heavy atom. The van der Waals surface area contributed by atoms with Crippen LogP contribution in [0.1, 0.15) is 45.1 Å². The highest BCUT2D eigenvalue weighted by Gasteiger charge is 2.38. The lowest BCUT2D eigenvalue weighted by Gasteiger charge is -2.23. The number of hydrogen-bond donors (Lipinski definition) is 1. The molecule has 2 rings (SSSR count). The Balaban J connectivity index is 2.28. The largest absolute Gasteiger partial charge is 0.313 e. The topological polar surface area (TPSA) is 49.4 Å². The molecule has 0 bridgehead atoms. The van der Waals surface area contributed by atoms with Gasteiger partial charge in [-0.15, -0.1) is 0 Å². The fourth-order valence-corrected chi connectivity index (χ4v) is 4.41. The molecule has 0 heterocycles. The van der Waals surface area contributed by atoms with E-state index < -0.39 is 10.0 Å². The van der Waals surface area contributed by atoms with Gasteiger partial charge in [0, 0.05) is 19.1 Å². The molecule has 0 unspecified atom stereocenters. The molecule has 1 N–H and O–H groups in total. The number of rotatable bonds is 9. The van der Waals surface area contributed by atoms with Gasteiger partial charge in [0.15, 0.2) is 0 Å². The van der Waals surface area contributed by atoms with Crippen molar-refractivity contribution in [3.05, 3.63) is 29.8 Å². The maximum atomic E-state index is 13.0. The zero-order chi connectivity index (χ0) is 15.3. The fraction of sp³-hybridized carbons (Fsp3) is 0.625. The number of sulfonamides is 1. The lowest BCUT2D eigenvalue weighted by Crippen LogP contribution is -2.35. The summed E-state index contributed by atoms with van der Waals surface area (Å²) in [6.45, 7) is 6.18. The number of unbranched alkanes of at least 4 members (excludes halogenated alkanes) is 1. The first-order chi connectivity index (χ1) is 10.1. The van der Waals surface area contributed by atoms with Gasteiger partial charge >= 0.3 is 0 Å². The van der Waals surface area contributed by atoms with Gasteiger partial charge in [0.1, 0.15) is 0 Å². The van der Waals surface area contributed by atoms with Crippen LogP contribution in [-0.2, 0) is 16.6 Å². The summed E-state index contributed by atoms with van der Waals surface area (Å²) in [7, 11) is -3.38. The van der Waals surface area contributed by atoms with Crippen molar-refractivity contribution >= 4 is 10.0 Å². The van der Waals surface area contributed by atoms with Crippen LogP contribution in [0.15, 0.2) is 29.2 Å². The summed E-state index contributed by atoms with van der Waals surface area (Å²) in [6, 6.07) is 7.57. The second-order valence-electron chi connectivity index (χ2n) is 5.59. The van der Waals surface area contributed by atoms with E-state index >= 15 is 0 Å². The van der Waals surface area contributed by atoms with Crippen molar-refractivity contribution in [1.29, 1.82) is 0 Å². The molecule has 1 aliphatic rings. The molecule has 0 saturated heterocycles. The van der Waals surface area contributed by atoms with Gasteiger partial charge in [0.25, 0.3) is 0 Å². The summed E-state index contributed by atoms with van der Waals surface area (Å²) in [5, 5.41) is 3.22. The van der Waals surface area contributed by atoms with Crippen LogP contribution < -0.4 is 5.32 Å². The minimum atomic E-state index is -3.38. The van der Waals surface area contributed by atoms with Gasteiger partial charge in [-0.2, -0.15) is 4.31 Å². The first kappa shape index (κ1) is 16.5. The lowest BCUT2D eigenvalue weighted by atomic mass is 10.2. The van der Waals surface area contributed by atoms with E-state index in [9.17, 15) is 8.42 Å². The van der Waals surface area contributed by atoms with E-state index in [-0.39, 0.29) is 6.04 Å². The van der Waals surface area contributed by atoms with Crippen molar-refractivity contribution in [3.63, 3.8) is 0 Å². The Bertz CT molecular complexity index is 553. The number of benzene rings is 1. The second-order valence-corrected chi connectivity index (χ2v) is 7.45. The highest BCUT2D eigenvalue weighted by molar-refractivity contribution is 7.89. The molecule has 4 nitrogen and oxygen atoms in total. The van der Waals surface area contributed by atoms with E-state index in [1.807, 2.05) is 25.1 Å². The molecule has 0 spiro atoms. The van der Waals surface area contributed by atoms with Gasteiger partial charge in [0.2, 0.25) is 10.0 Å². The van der Waals surface area contributed by atoms with E-state index in [0.717, 1.165) is 37.8 Å². The molecule has 1 aromatic carbocycles. The average Bonchev–Trinajstić information content (AvgIpc) is 3.30. The Morgan fingerprint density at radius 1 is 1.24 bits per heavy atom. The molecule has 5 heteroatoms. The third-order valence-corrected chi connectivity index (χ3v) is 5.86. The summed E-state index contributed by atoms with van der Waals surface area (Å²) >= 11 is 0. The van der Waals surface area contributed by atoms with Crippen LogP contribution in [-0.4, -0.2) is 31.9 Å². The van der Waals surface area contributed by atoms with E-state index in [0.29, 0.717) is 18.0 Å². The van der Waals surface area contributed by atoms with Crippen LogP contribution in [0.5, 0.6) is 0 Å². The van der Waals surface area contributed by atoms with Crippen LogP contribution in [0.25, 0.3) is 0 Å². The predicted octanol–water partition coefficient (Wildman–Crippen LogP) is 2.75. The van der Waals surface area contributed by atoms with Gasteiger partial charge < -0.3 is 5.32 Å². The third kappa shape index (κ3) is 4.05. The summed E-state index contributed by atoms with van der Waals surface area (Å²) < 4.78 is 27.7. The minimum Gasteiger partial charge on any atom is -0.313 e. The van der Waals surface area contributed by atoms with Gasteiger partial charge in [0.05, 0.1) is 4.90 Å². The highest BCUT2D eigenvalue weighted by Crippen LogP contribution is 2.33. The highest BCUT2D eigenvalue weighted by atomic mass is 32.2. The Kier molecular flexibility index (Phi) is 5.79. The Morgan fingerprint density at radius 3 is 2.57 bits per heavy atom. The predicted molar refractivity (Wildman–Crippen MR) is 85.6 cm³/mol. The van der Waals surface area contributed by atoms with Crippen LogP contribution >= 0.6 is 0 Å². The average molecular weight is 310 g/mol. The van der Waals surface area contributed by atoms with Crippen LogP contribution in [0.4, 0.5) is 0 Å². The third-order valence-electron chi connectivity index (χ3n) is 3.81. The van der Waals surface area contributed by atoms with Gasteiger partial charge in [-0.25, -0.2) is 8.42 Å². The Labute approximate surface area is 128 Å². The van der Waals surface area contributed by atoms with Crippen LogP contribution in [0, 0.1) is 0 Å². The van der Waals surface area contributed by atoms with E-state index in [1.54, 1.807) is 10.4 Å². The van der Waals surface area contributed by atoms with Crippen molar-refractivity contribution in [2.45, 2.75) is 57.0 Å². The molecule has 1 aromatic rings. The number of nitrogens with zero attached hydrogens (tertiary/aromatic N) is 1. The molecule has 21 heavy (non-hydrogen) atoms. The maximum Gasteiger partial charge on any atom is 0.243 e.